The topological polar surface area (TPSA) is 83.0 Å². The molecule has 196 valence electrons. The standard InChI is InChI=1S/C30H39N5O2/c1-4-5-12-34-13-10-22(11-14-34)23-16-25(27-19-32-35(28(27)17-23)24-8-6-7-9-24)29(36)31-18-26-20(2)15-21(3)33-30(26)37/h10,15-17,19,24H,4-9,11-14,18H2,1-3H3,(H,31,36)(H,33,37). The molecule has 0 spiro atoms. The van der Waals surface area contributed by atoms with Crippen molar-refractivity contribution in [2.75, 3.05) is 19.6 Å². The summed E-state index contributed by atoms with van der Waals surface area (Å²) < 4.78 is 2.15. The molecule has 1 saturated carbocycles. The average Bonchev–Trinajstić information content (AvgIpc) is 3.56. The predicted molar refractivity (Wildman–Crippen MR) is 149 cm³/mol. The van der Waals surface area contributed by atoms with Crippen LogP contribution in [0.15, 0.2) is 35.3 Å². The average molecular weight is 502 g/mol. The number of rotatable bonds is 8. The fourth-order valence-corrected chi connectivity index (χ4v) is 5.88. The molecule has 2 aliphatic rings. The first kappa shape index (κ1) is 25.5. The van der Waals surface area contributed by atoms with Gasteiger partial charge in [-0.2, -0.15) is 5.10 Å². The van der Waals surface area contributed by atoms with Gasteiger partial charge in [-0.1, -0.05) is 32.3 Å². The van der Waals surface area contributed by atoms with E-state index in [-0.39, 0.29) is 18.0 Å². The van der Waals surface area contributed by atoms with Crippen molar-refractivity contribution in [3.63, 3.8) is 0 Å². The molecule has 2 aromatic heterocycles. The van der Waals surface area contributed by atoms with Gasteiger partial charge in [0.05, 0.1) is 23.3 Å². The SMILES string of the molecule is CCCCN1CC=C(c2cc(C(=O)NCc3c(C)cc(C)[nH]c3=O)c3cnn(C4CCCC4)c3c2)CC1. The van der Waals surface area contributed by atoms with Crippen LogP contribution < -0.4 is 10.9 Å². The van der Waals surface area contributed by atoms with Crippen molar-refractivity contribution in [1.82, 2.24) is 25.0 Å². The van der Waals surface area contributed by atoms with Crippen LogP contribution in [-0.4, -0.2) is 45.2 Å². The minimum absolute atomic E-state index is 0.147. The molecule has 1 aliphatic carbocycles. The molecule has 2 N–H and O–H groups in total. The lowest BCUT2D eigenvalue weighted by Gasteiger charge is -2.26. The number of carbonyl (C=O) groups is 1. The minimum Gasteiger partial charge on any atom is -0.348 e. The minimum atomic E-state index is -0.168. The Balaban J connectivity index is 1.47. The number of amides is 1. The van der Waals surface area contributed by atoms with Crippen molar-refractivity contribution in [1.29, 1.82) is 0 Å². The molecular weight excluding hydrogens is 462 g/mol. The first-order valence-electron chi connectivity index (χ1n) is 13.8. The second-order valence-corrected chi connectivity index (χ2v) is 10.7. The number of aryl methyl sites for hydroxylation is 2. The molecule has 0 atom stereocenters. The van der Waals surface area contributed by atoms with Crippen molar-refractivity contribution < 1.29 is 4.79 Å². The quantitative estimate of drug-likeness (QED) is 0.440. The molecule has 1 aromatic carbocycles. The van der Waals surface area contributed by atoms with Gasteiger partial charge in [0, 0.05) is 36.3 Å². The monoisotopic (exact) mass is 501 g/mol. The van der Waals surface area contributed by atoms with Gasteiger partial charge in [0.2, 0.25) is 0 Å². The Morgan fingerprint density at radius 3 is 2.70 bits per heavy atom. The lowest BCUT2D eigenvalue weighted by Crippen LogP contribution is -2.29. The molecule has 7 heteroatoms. The summed E-state index contributed by atoms with van der Waals surface area (Å²) in [6.07, 6.45) is 12.3. The Kier molecular flexibility index (Phi) is 7.60. The third kappa shape index (κ3) is 5.42. The van der Waals surface area contributed by atoms with E-state index in [0.29, 0.717) is 17.2 Å². The van der Waals surface area contributed by atoms with E-state index in [2.05, 4.69) is 38.9 Å². The fraction of sp³-hybridized carbons (Fsp3) is 0.500. The van der Waals surface area contributed by atoms with Gasteiger partial charge >= 0.3 is 0 Å². The normalized spacial score (nSPS) is 16.9. The number of aromatic amines is 1. The Morgan fingerprint density at radius 2 is 2.00 bits per heavy atom. The largest absolute Gasteiger partial charge is 0.348 e. The van der Waals surface area contributed by atoms with Gasteiger partial charge in [-0.3, -0.25) is 19.2 Å². The molecule has 1 amide bonds. The lowest BCUT2D eigenvalue weighted by atomic mass is 9.95. The number of benzene rings is 1. The predicted octanol–water partition coefficient (Wildman–Crippen LogP) is 5.28. The van der Waals surface area contributed by atoms with Crippen molar-refractivity contribution in [2.24, 2.45) is 0 Å². The van der Waals surface area contributed by atoms with Crippen molar-refractivity contribution in [3.05, 3.63) is 68.8 Å². The third-order valence-electron chi connectivity index (χ3n) is 8.04. The molecule has 5 rings (SSSR count). The van der Waals surface area contributed by atoms with E-state index >= 15 is 0 Å². The van der Waals surface area contributed by atoms with Crippen LogP contribution in [-0.2, 0) is 6.54 Å². The van der Waals surface area contributed by atoms with Gasteiger partial charge in [0.1, 0.15) is 0 Å². The lowest BCUT2D eigenvalue weighted by molar-refractivity contribution is 0.0952. The van der Waals surface area contributed by atoms with Crippen LogP contribution in [0.25, 0.3) is 16.5 Å². The van der Waals surface area contributed by atoms with Crippen LogP contribution >= 0.6 is 0 Å². The zero-order valence-electron chi connectivity index (χ0n) is 22.4. The molecule has 3 aromatic rings. The number of nitrogens with zero attached hydrogens (tertiary/aromatic N) is 3. The zero-order chi connectivity index (χ0) is 25.9. The summed E-state index contributed by atoms with van der Waals surface area (Å²) in [4.78, 5) is 31.4. The van der Waals surface area contributed by atoms with E-state index in [9.17, 15) is 9.59 Å². The number of H-pyrrole nitrogens is 1. The molecule has 1 fully saturated rings. The maximum Gasteiger partial charge on any atom is 0.253 e. The number of nitrogens with one attached hydrogen (secondary N) is 2. The Labute approximate surface area is 218 Å². The summed E-state index contributed by atoms with van der Waals surface area (Å²) in [7, 11) is 0. The Hall–Kier alpha value is -3.19. The highest BCUT2D eigenvalue weighted by Crippen LogP contribution is 2.35. The Bertz CT molecular complexity index is 1380. The molecule has 37 heavy (non-hydrogen) atoms. The number of pyridine rings is 1. The highest BCUT2D eigenvalue weighted by atomic mass is 16.1. The number of unbranched alkanes of at least 4 members (excludes halogenated alkanes) is 1. The third-order valence-corrected chi connectivity index (χ3v) is 8.04. The number of hydrogen-bond donors (Lipinski definition) is 2. The molecule has 1 aliphatic heterocycles. The summed E-state index contributed by atoms with van der Waals surface area (Å²) in [5, 5.41) is 8.67. The Morgan fingerprint density at radius 1 is 1.19 bits per heavy atom. The van der Waals surface area contributed by atoms with E-state index in [1.165, 1.54) is 31.3 Å². The van der Waals surface area contributed by atoms with Gasteiger partial charge in [-0.25, -0.2) is 0 Å². The first-order valence-corrected chi connectivity index (χ1v) is 13.8. The second kappa shape index (κ2) is 11.1. The molecule has 0 saturated heterocycles. The number of carbonyl (C=O) groups excluding carboxylic acids is 1. The molecule has 0 radical (unpaired) electrons. The molecular formula is C30H39N5O2. The van der Waals surface area contributed by atoms with E-state index < -0.39 is 0 Å². The van der Waals surface area contributed by atoms with E-state index in [4.69, 9.17) is 5.10 Å². The van der Waals surface area contributed by atoms with Gasteiger partial charge in [-0.05, 0) is 81.0 Å². The highest BCUT2D eigenvalue weighted by molar-refractivity contribution is 6.07. The van der Waals surface area contributed by atoms with E-state index in [1.54, 1.807) is 0 Å². The molecule has 0 unspecified atom stereocenters. The second-order valence-electron chi connectivity index (χ2n) is 10.7. The summed E-state index contributed by atoms with van der Waals surface area (Å²) in [5.74, 6) is -0.168. The number of aromatic nitrogens is 3. The van der Waals surface area contributed by atoms with Crippen LogP contribution in [0.1, 0.15) is 90.7 Å². The van der Waals surface area contributed by atoms with E-state index in [0.717, 1.165) is 66.6 Å². The molecule has 3 heterocycles. The van der Waals surface area contributed by atoms with Crippen LogP contribution in [0.3, 0.4) is 0 Å². The van der Waals surface area contributed by atoms with Crippen LogP contribution in [0.5, 0.6) is 0 Å². The van der Waals surface area contributed by atoms with E-state index in [1.807, 2.05) is 32.2 Å². The van der Waals surface area contributed by atoms with Gasteiger partial charge in [0.25, 0.3) is 11.5 Å². The van der Waals surface area contributed by atoms with Crippen molar-refractivity contribution in [3.8, 4) is 0 Å². The van der Waals surface area contributed by atoms with Crippen LogP contribution in [0.2, 0.25) is 0 Å². The van der Waals surface area contributed by atoms with Crippen LogP contribution in [0.4, 0.5) is 0 Å². The summed E-state index contributed by atoms with van der Waals surface area (Å²) in [5.41, 5.74) is 6.22. The first-order chi connectivity index (χ1) is 17.9. The fourth-order valence-electron chi connectivity index (χ4n) is 5.88. The molecule has 7 nitrogen and oxygen atoms in total. The summed E-state index contributed by atoms with van der Waals surface area (Å²) >= 11 is 0. The smallest absolute Gasteiger partial charge is 0.253 e. The van der Waals surface area contributed by atoms with Crippen molar-refractivity contribution in [2.45, 2.75) is 78.3 Å². The maximum absolute atomic E-state index is 13.6. The van der Waals surface area contributed by atoms with Crippen LogP contribution in [0, 0.1) is 13.8 Å². The summed E-state index contributed by atoms with van der Waals surface area (Å²) in [6, 6.07) is 6.59. The maximum atomic E-state index is 13.6. The molecule has 0 bridgehead atoms. The highest BCUT2D eigenvalue weighted by Gasteiger charge is 2.24. The van der Waals surface area contributed by atoms with Crippen molar-refractivity contribution >= 4 is 22.4 Å². The zero-order valence-corrected chi connectivity index (χ0v) is 22.4. The van der Waals surface area contributed by atoms with Gasteiger partial charge in [0.15, 0.2) is 0 Å². The number of hydrogen-bond acceptors (Lipinski definition) is 4. The van der Waals surface area contributed by atoms with Gasteiger partial charge < -0.3 is 10.3 Å². The number of fused-ring (bicyclic) bond motifs is 1. The summed E-state index contributed by atoms with van der Waals surface area (Å²) in [6.45, 7) is 9.33. The van der Waals surface area contributed by atoms with Gasteiger partial charge in [-0.15, -0.1) is 0 Å².